The van der Waals surface area contributed by atoms with E-state index in [1.165, 1.54) is 23.2 Å². The minimum atomic E-state index is -4.99. The third kappa shape index (κ3) is 5.37. The number of anilines is 2. The fraction of sp³-hybridized carbons (Fsp3) is 0.316. The first-order chi connectivity index (χ1) is 13.8. The van der Waals surface area contributed by atoms with Crippen LogP contribution in [0.1, 0.15) is 5.56 Å². The second kappa shape index (κ2) is 8.80. The van der Waals surface area contributed by atoms with Crippen LogP contribution in [-0.4, -0.2) is 54.2 Å². The van der Waals surface area contributed by atoms with Crippen LogP contribution in [0.25, 0.3) is 0 Å². The first-order valence-corrected chi connectivity index (χ1v) is 8.88. The summed E-state index contributed by atoms with van der Waals surface area (Å²) in [6.45, 7) is 1.47. The lowest BCUT2D eigenvalue weighted by atomic mass is 10.2. The summed E-state index contributed by atoms with van der Waals surface area (Å²) in [5.74, 6) is -1.84. The molecule has 1 aromatic heterocycles. The maximum atomic E-state index is 12.5. The third-order valence-electron chi connectivity index (χ3n) is 4.33. The predicted octanol–water partition coefficient (Wildman–Crippen LogP) is 3.04. The number of aromatic nitrogens is 1. The highest BCUT2D eigenvalue weighted by Gasteiger charge is 2.39. The van der Waals surface area contributed by atoms with Gasteiger partial charge in [0.25, 0.3) is 0 Å². The van der Waals surface area contributed by atoms with Crippen LogP contribution in [0.5, 0.6) is 0 Å². The Kier molecular flexibility index (Phi) is 6.20. The monoisotopic (exact) mass is 408 g/mol. The van der Waals surface area contributed by atoms with E-state index in [1.54, 1.807) is 4.90 Å². The Morgan fingerprint density at radius 2 is 1.72 bits per heavy atom. The molecule has 0 radical (unpaired) electrons. The molecule has 0 bridgehead atoms. The number of nitrogens with one attached hydrogen (secondary N) is 1. The standard InChI is InChI=1S/C19H19F3N4O3/c20-19(21,22)17(27)24-15-7-4-8-23-16(15)25-9-11-26(12-10-25)18(28)29-13-14-5-2-1-3-6-14/h1-8H,9-13H2,(H,24,27). The molecule has 2 amide bonds. The molecule has 2 heterocycles. The Labute approximate surface area is 165 Å². The van der Waals surface area contributed by atoms with Gasteiger partial charge in [-0.3, -0.25) is 4.79 Å². The van der Waals surface area contributed by atoms with E-state index in [1.807, 2.05) is 35.6 Å². The molecule has 10 heteroatoms. The summed E-state index contributed by atoms with van der Waals surface area (Å²) in [4.78, 5) is 30.8. The van der Waals surface area contributed by atoms with E-state index < -0.39 is 18.2 Å². The highest BCUT2D eigenvalue weighted by molar-refractivity contribution is 5.97. The van der Waals surface area contributed by atoms with E-state index >= 15 is 0 Å². The van der Waals surface area contributed by atoms with Gasteiger partial charge in [-0.15, -0.1) is 0 Å². The number of amides is 2. The summed E-state index contributed by atoms with van der Waals surface area (Å²) in [5, 5.41) is 1.85. The van der Waals surface area contributed by atoms with Gasteiger partial charge in [-0.1, -0.05) is 30.3 Å². The molecule has 7 nitrogen and oxygen atoms in total. The lowest BCUT2D eigenvalue weighted by molar-refractivity contribution is -0.167. The average Bonchev–Trinajstić information content (AvgIpc) is 2.72. The molecule has 1 fully saturated rings. The molecule has 1 N–H and O–H groups in total. The number of alkyl halides is 3. The smallest absolute Gasteiger partial charge is 0.445 e. The van der Waals surface area contributed by atoms with Crippen molar-refractivity contribution in [2.24, 2.45) is 0 Å². The molecular weight excluding hydrogens is 389 g/mol. The summed E-state index contributed by atoms with van der Waals surface area (Å²) < 4.78 is 42.9. The summed E-state index contributed by atoms with van der Waals surface area (Å²) in [6.07, 6.45) is -4.02. The van der Waals surface area contributed by atoms with E-state index in [4.69, 9.17) is 4.74 Å². The van der Waals surface area contributed by atoms with Crippen LogP contribution in [0, 0.1) is 0 Å². The van der Waals surface area contributed by atoms with Gasteiger partial charge in [0.2, 0.25) is 0 Å². The minimum absolute atomic E-state index is 0.0325. The van der Waals surface area contributed by atoms with Gasteiger partial charge in [-0.2, -0.15) is 13.2 Å². The molecule has 1 aliphatic heterocycles. The Morgan fingerprint density at radius 1 is 1.03 bits per heavy atom. The van der Waals surface area contributed by atoms with Gasteiger partial charge in [0.15, 0.2) is 5.82 Å². The molecule has 1 saturated heterocycles. The van der Waals surface area contributed by atoms with Crippen LogP contribution in [-0.2, 0) is 16.1 Å². The van der Waals surface area contributed by atoms with Crippen LogP contribution < -0.4 is 10.2 Å². The zero-order chi connectivity index (χ0) is 20.9. The molecule has 3 rings (SSSR count). The summed E-state index contributed by atoms with van der Waals surface area (Å²) >= 11 is 0. The highest BCUT2D eigenvalue weighted by Crippen LogP contribution is 2.26. The van der Waals surface area contributed by atoms with Crippen molar-refractivity contribution in [3.05, 3.63) is 54.2 Å². The fourth-order valence-electron chi connectivity index (χ4n) is 2.85. The van der Waals surface area contributed by atoms with E-state index in [9.17, 15) is 22.8 Å². The molecule has 1 aliphatic rings. The van der Waals surface area contributed by atoms with Crippen molar-refractivity contribution in [2.75, 3.05) is 36.4 Å². The van der Waals surface area contributed by atoms with Crippen molar-refractivity contribution in [1.29, 1.82) is 0 Å². The van der Waals surface area contributed by atoms with Crippen molar-refractivity contribution in [3.63, 3.8) is 0 Å². The number of nitrogens with zero attached hydrogens (tertiary/aromatic N) is 3. The highest BCUT2D eigenvalue weighted by atomic mass is 19.4. The molecule has 0 unspecified atom stereocenters. The van der Waals surface area contributed by atoms with Crippen molar-refractivity contribution >= 4 is 23.5 Å². The minimum Gasteiger partial charge on any atom is -0.445 e. The zero-order valence-corrected chi connectivity index (χ0v) is 15.4. The van der Waals surface area contributed by atoms with Gasteiger partial charge in [0.05, 0.1) is 5.69 Å². The molecule has 2 aromatic rings. The maximum absolute atomic E-state index is 12.5. The van der Waals surface area contributed by atoms with Crippen LogP contribution in [0.3, 0.4) is 0 Å². The normalized spacial score (nSPS) is 14.4. The average molecular weight is 408 g/mol. The Hall–Kier alpha value is -3.30. The summed E-state index contributed by atoms with van der Waals surface area (Å²) in [6, 6.07) is 12.1. The quantitative estimate of drug-likeness (QED) is 0.842. The van der Waals surface area contributed by atoms with Crippen LogP contribution in [0.2, 0.25) is 0 Å². The molecular formula is C19H19F3N4O3. The Morgan fingerprint density at radius 3 is 2.38 bits per heavy atom. The van der Waals surface area contributed by atoms with Crippen molar-refractivity contribution in [2.45, 2.75) is 12.8 Å². The Balaban J connectivity index is 1.57. The topological polar surface area (TPSA) is 74.8 Å². The first-order valence-electron chi connectivity index (χ1n) is 8.88. The van der Waals surface area contributed by atoms with Gasteiger partial charge < -0.3 is 19.9 Å². The Bertz CT molecular complexity index is 853. The fourth-order valence-corrected chi connectivity index (χ4v) is 2.85. The zero-order valence-electron chi connectivity index (χ0n) is 15.4. The number of hydrogen-bond acceptors (Lipinski definition) is 5. The maximum Gasteiger partial charge on any atom is 0.471 e. The van der Waals surface area contributed by atoms with E-state index in [-0.39, 0.29) is 18.1 Å². The van der Waals surface area contributed by atoms with Crippen molar-refractivity contribution in [3.8, 4) is 0 Å². The number of piperazine rings is 1. The predicted molar refractivity (Wildman–Crippen MR) is 99.3 cm³/mol. The summed E-state index contributed by atoms with van der Waals surface area (Å²) in [5.41, 5.74) is 0.841. The first kappa shape index (κ1) is 20.4. The number of ether oxygens (including phenoxy) is 1. The number of benzene rings is 1. The van der Waals surface area contributed by atoms with Crippen LogP contribution in [0.4, 0.5) is 29.5 Å². The lowest BCUT2D eigenvalue weighted by Crippen LogP contribution is -2.49. The van der Waals surface area contributed by atoms with Gasteiger partial charge in [0, 0.05) is 32.4 Å². The van der Waals surface area contributed by atoms with Gasteiger partial charge >= 0.3 is 18.2 Å². The molecule has 154 valence electrons. The number of carbonyl (C=O) groups is 2. The molecule has 0 atom stereocenters. The van der Waals surface area contributed by atoms with E-state index in [0.717, 1.165) is 5.56 Å². The molecule has 0 spiro atoms. The van der Waals surface area contributed by atoms with Crippen molar-refractivity contribution in [1.82, 2.24) is 9.88 Å². The van der Waals surface area contributed by atoms with E-state index in [2.05, 4.69) is 4.98 Å². The second-order valence-electron chi connectivity index (χ2n) is 6.34. The van der Waals surface area contributed by atoms with Crippen LogP contribution >= 0.6 is 0 Å². The largest absolute Gasteiger partial charge is 0.471 e. The van der Waals surface area contributed by atoms with E-state index in [0.29, 0.717) is 26.2 Å². The molecule has 29 heavy (non-hydrogen) atoms. The lowest BCUT2D eigenvalue weighted by Gasteiger charge is -2.35. The van der Waals surface area contributed by atoms with Crippen molar-refractivity contribution < 1.29 is 27.5 Å². The van der Waals surface area contributed by atoms with Gasteiger partial charge in [-0.25, -0.2) is 9.78 Å². The van der Waals surface area contributed by atoms with Gasteiger partial charge in [-0.05, 0) is 17.7 Å². The van der Waals surface area contributed by atoms with Crippen LogP contribution in [0.15, 0.2) is 48.7 Å². The number of halogens is 3. The number of rotatable bonds is 4. The molecule has 0 saturated carbocycles. The third-order valence-corrected chi connectivity index (χ3v) is 4.33. The van der Waals surface area contributed by atoms with Gasteiger partial charge in [0.1, 0.15) is 6.61 Å². The number of pyridine rings is 1. The number of carbonyl (C=O) groups excluding carboxylic acids is 2. The summed E-state index contributed by atoms with van der Waals surface area (Å²) in [7, 11) is 0. The molecule has 1 aromatic carbocycles. The SMILES string of the molecule is O=C(OCc1ccccc1)N1CCN(c2ncccc2NC(=O)C(F)(F)F)CC1. The molecule has 0 aliphatic carbocycles. The second-order valence-corrected chi connectivity index (χ2v) is 6.34. The number of hydrogen-bond donors (Lipinski definition) is 1.